The van der Waals surface area contributed by atoms with Crippen LogP contribution in [0.5, 0.6) is 5.75 Å². The molecule has 1 aromatic rings. The first-order valence-electron chi connectivity index (χ1n) is 6.91. The normalized spacial score (nSPS) is 11.6. The predicted molar refractivity (Wildman–Crippen MR) is 88.6 cm³/mol. The number of nitrogens with one attached hydrogen (secondary N) is 2. The maximum absolute atomic E-state index is 12.2. The van der Waals surface area contributed by atoms with Crippen LogP contribution in [0.1, 0.15) is 18.9 Å². The quantitative estimate of drug-likeness (QED) is 0.640. The van der Waals surface area contributed by atoms with E-state index in [-0.39, 0.29) is 4.90 Å². The highest BCUT2D eigenvalue weighted by atomic mass is 32.2. The molecule has 0 heterocycles. The Hall–Kier alpha value is -0.760. The van der Waals surface area contributed by atoms with Crippen LogP contribution in [0.25, 0.3) is 0 Å². The molecule has 0 aromatic heterocycles. The summed E-state index contributed by atoms with van der Waals surface area (Å²) in [5.74, 6) is 1.11. The molecule has 2 N–H and O–H groups in total. The van der Waals surface area contributed by atoms with Gasteiger partial charge < -0.3 is 10.1 Å². The smallest absolute Gasteiger partial charge is 0.244 e. The van der Waals surface area contributed by atoms with E-state index >= 15 is 0 Å². The summed E-state index contributed by atoms with van der Waals surface area (Å²) in [4.78, 5) is 0.186. The molecule has 5 nitrogen and oxygen atoms in total. The van der Waals surface area contributed by atoms with Crippen molar-refractivity contribution in [1.82, 2.24) is 10.0 Å². The van der Waals surface area contributed by atoms with Crippen molar-refractivity contribution in [3.63, 3.8) is 0 Å². The lowest BCUT2D eigenvalue weighted by atomic mass is 10.2. The van der Waals surface area contributed by atoms with Crippen LogP contribution in [0.4, 0.5) is 0 Å². The van der Waals surface area contributed by atoms with E-state index < -0.39 is 10.0 Å². The lowest BCUT2D eigenvalue weighted by Crippen LogP contribution is -2.26. The van der Waals surface area contributed by atoms with Crippen molar-refractivity contribution >= 4 is 21.8 Å². The van der Waals surface area contributed by atoms with Crippen molar-refractivity contribution in [3.05, 3.63) is 23.8 Å². The van der Waals surface area contributed by atoms with Crippen LogP contribution in [-0.2, 0) is 16.6 Å². The molecular formula is C14H24N2O3S2. The summed E-state index contributed by atoms with van der Waals surface area (Å²) in [6.07, 6.45) is 3.00. The van der Waals surface area contributed by atoms with Gasteiger partial charge in [0.2, 0.25) is 10.0 Å². The van der Waals surface area contributed by atoms with Gasteiger partial charge >= 0.3 is 0 Å². The Labute approximate surface area is 131 Å². The molecule has 21 heavy (non-hydrogen) atoms. The molecule has 120 valence electrons. The molecule has 0 saturated heterocycles. The van der Waals surface area contributed by atoms with Crippen molar-refractivity contribution in [2.24, 2.45) is 0 Å². The Morgan fingerprint density at radius 3 is 2.67 bits per heavy atom. The third-order valence-corrected chi connectivity index (χ3v) is 4.98. The number of hydrogen-bond acceptors (Lipinski definition) is 5. The second-order valence-corrected chi connectivity index (χ2v) is 7.27. The topological polar surface area (TPSA) is 67.4 Å². The summed E-state index contributed by atoms with van der Waals surface area (Å²) in [6, 6.07) is 5.18. The van der Waals surface area contributed by atoms with E-state index in [0.29, 0.717) is 18.8 Å². The van der Waals surface area contributed by atoms with Gasteiger partial charge in [0.15, 0.2) is 0 Å². The Bertz CT molecular complexity index is 533. The molecule has 7 heteroatoms. The first-order chi connectivity index (χ1) is 10.0. The molecule has 0 aliphatic carbocycles. The minimum atomic E-state index is -3.53. The van der Waals surface area contributed by atoms with E-state index in [1.165, 1.54) is 7.11 Å². The third-order valence-electron chi connectivity index (χ3n) is 2.87. The Balaban J connectivity index is 2.87. The fourth-order valence-corrected chi connectivity index (χ4v) is 3.43. The van der Waals surface area contributed by atoms with E-state index in [1.54, 1.807) is 23.9 Å². The first kappa shape index (κ1) is 18.3. The van der Waals surface area contributed by atoms with Crippen LogP contribution in [0.3, 0.4) is 0 Å². The fourth-order valence-electron chi connectivity index (χ4n) is 1.81. The van der Waals surface area contributed by atoms with E-state index in [1.807, 2.05) is 12.3 Å². The van der Waals surface area contributed by atoms with Gasteiger partial charge in [0.1, 0.15) is 10.6 Å². The first-order valence-corrected chi connectivity index (χ1v) is 9.79. The summed E-state index contributed by atoms with van der Waals surface area (Å²) >= 11 is 1.59. The molecule has 1 aromatic carbocycles. The van der Waals surface area contributed by atoms with Gasteiger partial charge in [-0.2, -0.15) is 11.8 Å². The van der Waals surface area contributed by atoms with Gasteiger partial charge in [-0.25, -0.2) is 13.1 Å². The minimum Gasteiger partial charge on any atom is -0.495 e. The lowest BCUT2D eigenvalue weighted by molar-refractivity contribution is 0.401. The molecule has 0 amide bonds. The van der Waals surface area contributed by atoms with Crippen LogP contribution in [0.15, 0.2) is 23.1 Å². The highest BCUT2D eigenvalue weighted by molar-refractivity contribution is 7.98. The fraction of sp³-hybridized carbons (Fsp3) is 0.571. The van der Waals surface area contributed by atoms with E-state index in [0.717, 1.165) is 24.3 Å². The van der Waals surface area contributed by atoms with Crippen molar-refractivity contribution < 1.29 is 13.2 Å². The van der Waals surface area contributed by atoms with E-state index in [9.17, 15) is 8.42 Å². The van der Waals surface area contributed by atoms with Crippen molar-refractivity contribution in [1.29, 1.82) is 0 Å². The number of rotatable bonds is 10. The minimum absolute atomic E-state index is 0.186. The molecule has 0 radical (unpaired) electrons. The molecular weight excluding hydrogens is 308 g/mol. The van der Waals surface area contributed by atoms with Crippen molar-refractivity contribution in [2.45, 2.75) is 24.8 Å². The second kappa shape index (κ2) is 9.30. The van der Waals surface area contributed by atoms with Crippen LogP contribution < -0.4 is 14.8 Å². The highest BCUT2D eigenvalue weighted by Gasteiger charge is 2.19. The summed E-state index contributed by atoms with van der Waals surface area (Å²) in [5.41, 5.74) is 1.00. The number of thioether (sulfide) groups is 1. The van der Waals surface area contributed by atoms with E-state index in [2.05, 4.69) is 17.0 Å². The monoisotopic (exact) mass is 332 g/mol. The average molecular weight is 332 g/mol. The Morgan fingerprint density at radius 1 is 1.29 bits per heavy atom. The van der Waals surface area contributed by atoms with E-state index in [4.69, 9.17) is 4.74 Å². The highest BCUT2D eigenvalue weighted by Crippen LogP contribution is 2.24. The standard InChI is InChI=1S/C14H24N2O3S2/c1-4-7-15-11-12-5-6-14(13(10-12)19-2)21(17,18)16-8-9-20-3/h5-6,10,15-16H,4,7-9,11H2,1-3H3. The predicted octanol–water partition coefficient (Wildman–Crippen LogP) is 1.84. The summed E-state index contributed by atoms with van der Waals surface area (Å²) < 4.78 is 32.3. The number of hydrogen-bond donors (Lipinski definition) is 2. The zero-order valence-corrected chi connectivity index (χ0v) is 14.4. The maximum Gasteiger partial charge on any atom is 0.244 e. The van der Waals surface area contributed by atoms with Crippen LogP contribution >= 0.6 is 11.8 Å². The lowest BCUT2D eigenvalue weighted by Gasteiger charge is -2.12. The van der Waals surface area contributed by atoms with Gasteiger partial charge in [-0.15, -0.1) is 0 Å². The molecule has 0 saturated carbocycles. The molecule has 0 aliphatic rings. The largest absolute Gasteiger partial charge is 0.495 e. The van der Waals surface area contributed by atoms with Gasteiger partial charge in [0, 0.05) is 18.8 Å². The molecule has 0 fully saturated rings. The molecule has 0 atom stereocenters. The number of ether oxygens (including phenoxy) is 1. The molecule has 1 rings (SSSR count). The van der Waals surface area contributed by atoms with Crippen molar-refractivity contribution in [2.75, 3.05) is 32.2 Å². The summed E-state index contributed by atoms with van der Waals surface area (Å²) in [5, 5.41) is 3.28. The molecule has 0 unspecified atom stereocenters. The Kier molecular flexibility index (Phi) is 8.10. The average Bonchev–Trinajstić information content (AvgIpc) is 2.47. The van der Waals surface area contributed by atoms with Gasteiger partial charge in [0.05, 0.1) is 7.11 Å². The SMILES string of the molecule is CCCNCc1ccc(S(=O)(=O)NCCSC)c(OC)c1. The van der Waals surface area contributed by atoms with Gasteiger partial charge in [-0.1, -0.05) is 13.0 Å². The number of sulfonamides is 1. The van der Waals surface area contributed by atoms with Crippen LogP contribution in [0, 0.1) is 0 Å². The zero-order valence-electron chi connectivity index (χ0n) is 12.8. The van der Waals surface area contributed by atoms with Crippen LogP contribution in [-0.4, -0.2) is 40.6 Å². The van der Waals surface area contributed by atoms with Gasteiger partial charge in [-0.05, 0) is 36.9 Å². The number of benzene rings is 1. The summed E-state index contributed by atoms with van der Waals surface area (Å²) in [7, 11) is -2.04. The molecule has 0 spiro atoms. The zero-order chi connectivity index (χ0) is 15.7. The summed E-state index contributed by atoms with van der Waals surface area (Å²) in [6.45, 7) is 4.14. The Morgan fingerprint density at radius 2 is 2.05 bits per heavy atom. The van der Waals surface area contributed by atoms with Gasteiger partial charge in [-0.3, -0.25) is 0 Å². The van der Waals surface area contributed by atoms with Crippen molar-refractivity contribution in [3.8, 4) is 5.75 Å². The van der Waals surface area contributed by atoms with Crippen LogP contribution in [0.2, 0.25) is 0 Å². The maximum atomic E-state index is 12.2. The number of methoxy groups -OCH3 is 1. The third kappa shape index (κ3) is 5.86. The van der Waals surface area contributed by atoms with Gasteiger partial charge in [0.25, 0.3) is 0 Å². The molecule has 0 bridgehead atoms. The molecule has 0 aliphatic heterocycles. The second-order valence-electron chi connectivity index (χ2n) is 4.55.